The summed E-state index contributed by atoms with van der Waals surface area (Å²) in [6, 6.07) is 4.26. The molecule has 0 radical (unpaired) electrons. The average Bonchev–Trinajstić information content (AvgIpc) is 2.26. The Bertz CT molecular complexity index is 364. The van der Waals surface area contributed by atoms with Crippen molar-refractivity contribution in [3.8, 4) is 11.5 Å². The van der Waals surface area contributed by atoms with Gasteiger partial charge >= 0.3 is 6.43 Å². The second-order valence-corrected chi connectivity index (χ2v) is 2.71. The molecule has 0 aliphatic heterocycles. The van der Waals surface area contributed by atoms with Crippen LogP contribution in [0.5, 0.6) is 11.5 Å². The van der Waals surface area contributed by atoms with E-state index < -0.39 is 12.2 Å². The number of para-hydroxylation sites is 1. The van der Waals surface area contributed by atoms with E-state index in [9.17, 15) is 13.6 Å². The number of carbonyl (C=O) groups excluding carboxylic acids is 1. The van der Waals surface area contributed by atoms with Crippen LogP contribution in [0.4, 0.5) is 8.78 Å². The zero-order chi connectivity index (χ0) is 11.4. The predicted molar refractivity (Wildman–Crippen MR) is 49.9 cm³/mol. The molecular formula is C10H10F2O3. The van der Waals surface area contributed by atoms with Crippen LogP contribution in [0.15, 0.2) is 18.2 Å². The van der Waals surface area contributed by atoms with Crippen molar-refractivity contribution < 1.29 is 23.0 Å². The van der Waals surface area contributed by atoms with Crippen LogP contribution in [-0.2, 0) is 0 Å². The minimum atomic E-state index is -3.05. The lowest BCUT2D eigenvalue weighted by Gasteiger charge is -2.11. The molecule has 5 heteroatoms. The van der Waals surface area contributed by atoms with Crippen molar-refractivity contribution in [3.63, 3.8) is 0 Å². The van der Waals surface area contributed by atoms with Gasteiger partial charge in [-0.2, -0.15) is 0 Å². The lowest BCUT2D eigenvalue weighted by Crippen LogP contribution is -2.12. The van der Waals surface area contributed by atoms with Crippen LogP contribution in [0.3, 0.4) is 0 Å². The van der Waals surface area contributed by atoms with Gasteiger partial charge in [0.2, 0.25) is 5.78 Å². The normalized spacial score (nSPS) is 10.2. The Morgan fingerprint density at radius 1 is 1.27 bits per heavy atom. The van der Waals surface area contributed by atoms with E-state index in [1.807, 2.05) is 0 Å². The molecule has 0 heterocycles. The molecule has 0 atom stereocenters. The van der Waals surface area contributed by atoms with Crippen LogP contribution < -0.4 is 9.47 Å². The van der Waals surface area contributed by atoms with Crippen molar-refractivity contribution >= 4 is 5.78 Å². The fraction of sp³-hybridized carbons (Fsp3) is 0.300. The number of halogens is 2. The van der Waals surface area contributed by atoms with E-state index in [1.165, 1.54) is 32.4 Å². The summed E-state index contributed by atoms with van der Waals surface area (Å²) in [6.07, 6.45) is -3.05. The summed E-state index contributed by atoms with van der Waals surface area (Å²) in [5, 5.41) is 0. The predicted octanol–water partition coefficient (Wildman–Crippen LogP) is 2.15. The van der Waals surface area contributed by atoms with E-state index in [0.717, 1.165) is 0 Å². The van der Waals surface area contributed by atoms with Crippen LogP contribution in [0.2, 0.25) is 0 Å². The van der Waals surface area contributed by atoms with Gasteiger partial charge in [-0.3, -0.25) is 4.79 Å². The van der Waals surface area contributed by atoms with Crippen molar-refractivity contribution in [1.82, 2.24) is 0 Å². The number of ether oxygens (including phenoxy) is 2. The van der Waals surface area contributed by atoms with Crippen LogP contribution in [0, 0.1) is 0 Å². The van der Waals surface area contributed by atoms with E-state index in [1.54, 1.807) is 0 Å². The smallest absolute Gasteiger partial charge is 0.300 e. The Balaban J connectivity index is 3.23. The van der Waals surface area contributed by atoms with Crippen molar-refractivity contribution in [2.24, 2.45) is 0 Å². The van der Waals surface area contributed by atoms with E-state index in [0.29, 0.717) is 0 Å². The Labute approximate surface area is 85.6 Å². The maximum absolute atomic E-state index is 12.2. The maximum atomic E-state index is 12.2. The molecule has 1 aromatic rings. The molecule has 1 aromatic carbocycles. The Morgan fingerprint density at radius 3 is 2.40 bits per heavy atom. The first-order valence-electron chi connectivity index (χ1n) is 4.15. The van der Waals surface area contributed by atoms with Crippen molar-refractivity contribution in [3.05, 3.63) is 23.8 Å². The Hall–Kier alpha value is -1.65. The highest BCUT2D eigenvalue weighted by Gasteiger charge is 2.23. The van der Waals surface area contributed by atoms with Crippen molar-refractivity contribution in [2.45, 2.75) is 6.43 Å². The molecule has 0 aliphatic rings. The second-order valence-electron chi connectivity index (χ2n) is 2.71. The second kappa shape index (κ2) is 4.72. The third-order valence-corrected chi connectivity index (χ3v) is 1.87. The molecule has 0 unspecified atom stereocenters. The number of hydrogen-bond acceptors (Lipinski definition) is 3. The molecule has 0 fully saturated rings. The highest BCUT2D eigenvalue weighted by molar-refractivity contribution is 6.01. The molecule has 15 heavy (non-hydrogen) atoms. The van der Waals surface area contributed by atoms with Gasteiger partial charge in [-0.05, 0) is 12.1 Å². The lowest BCUT2D eigenvalue weighted by atomic mass is 10.1. The van der Waals surface area contributed by atoms with Gasteiger partial charge in [0.1, 0.15) is 0 Å². The summed E-state index contributed by atoms with van der Waals surface area (Å²) < 4.78 is 34.2. The highest BCUT2D eigenvalue weighted by atomic mass is 19.3. The number of rotatable bonds is 4. The van der Waals surface area contributed by atoms with Gasteiger partial charge in [-0.1, -0.05) is 6.07 Å². The highest BCUT2D eigenvalue weighted by Crippen LogP contribution is 2.31. The third kappa shape index (κ3) is 2.23. The van der Waals surface area contributed by atoms with Gasteiger partial charge in [-0.15, -0.1) is 0 Å². The monoisotopic (exact) mass is 216 g/mol. The SMILES string of the molecule is COc1cccc(C(=O)C(F)F)c1OC. The molecule has 0 N–H and O–H groups in total. The number of hydrogen-bond donors (Lipinski definition) is 0. The number of Topliss-reactive ketones (excluding diaryl/α,β-unsaturated/α-hetero) is 1. The molecule has 0 aliphatic carbocycles. The minimum Gasteiger partial charge on any atom is -0.493 e. The molecule has 1 rings (SSSR count). The molecule has 0 saturated heterocycles. The largest absolute Gasteiger partial charge is 0.493 e. The minimum absolute atomic E-state index is 0.0327. The fourth-order valence-electron chi connectivity index (χ4n) is 1.20. The molecule has 0 amide bonds. The van der Waals surface area contributed by atoms with E-state index in [-0.39, 0.29) is 17.1 Å². The summed E-state index contributed by atoms with van der Waals surface area (Å²) in [5.74, 6) is -0.986. The molecule has 82 valence electrons. The van der Waals surface area contributed by atoms with E-state index in [4.69, 9.17) is 9.47 Å². The Morgan fingerprint density at radius 2 is 1.93 bits per heavy atom. The van der Waals surface area contributed by atoms with Crippen LogP contribution >= 0.6 is 0 Å². The van der Waals surface area contributed by atoms with Crippen molar-refractivity contribution in [1.29, 1.82) is 0 Å². The average molecular weight is 216 g/mol. The summed E-state index contributed by atoms with van der Waals surface area (Å²) in [7, 11) is 2.66. The van der Waals surface area contributed by atoms with Crippen LogP contribution in [-0.4, -0.2) is 26.4 Å². The van der Waals surface area contributed by atoms with Gasteiger partial charge < -0.3 is 9.47 Å². The zero-order valence-electron chi connectivity index (χ0n) is 8.29. The van der Waals surface area contributed by atoms with Gasteiger partial charge in [0.15, 0.2) is 11.5 Å². The van der Waals surface area contributed by atoms with Crippen LogP contribution in [0.25, 0.3) is 0 Å². The molecule has 0 aromatic heterocycles. The lowest BCUT2D eigenvalue weighted by molar-refractivity contribution is 0.0675. The summed E-state index contributed by atoms with van der Waals surface area (Å²) in [4.78, 5) is 11.1. The number of alkyl halides is 2. The first kappa shape index (κ1) is 11.4. The topological polar surface area (TPSA) is 35.5 Å². The van der Waals surface area contributed by atoms with Crippen LogP contribution in [0.1, 0.15) is 10.4 Å². The quantitative estimate of drug-likeness (QED) is 0.723. The molecule has 0 saturated carbocycles. The summed E-state index contributed by atoms with van der Waals surface area (Å²) in [6.45, 7) is 0. The fourth-order valence-corrected chi connectivity index (χ4v) is 1.20. The maximum Gasteiger partial charge on any atom is 0.300 e. The van der Waals surface area contributed by atoms with Crippen molar-refractivity contribution in [2.75, 3.05) is 14.2 Å². The van der Waals surface area contributed by atoms with Gasteiger partial charge in [0.25, 0.3) is 0 Å². The van der Waals surface area contributed by atoms with Gasteiger partial charge in [0, 0.05) is 0 Å². The first-order chi connectivity index (χ1) is 7.11. The number of carbonyl (C=O) groups is 1. The molecular weight excluding hydrogens is 206 g/mol. The first-order valence-corrected chi connectivity index (χ1v) is 4.15. The number of ketones is 1. The van der Waals surface area contributed by atoms with E-state index >= 15 is 0 Å². The zero-order valence-corrected chi connectivity index (χ0v) is 8.29. The number of benzene rings is 1. The summed E-state index contributed by atoms with van der Waals surface area (Å²) in [5.41, 5.74) is -0.174. The summed E-state index contributed by atoms with van der Waals surface area (Å²) >= 11 is 0. The molecule has 0 spiro atoms. The third-order valence-electron chi connectivity index (χ3n) is 1.87. The Kier molecular flexibility index (Phi) is 3.60. The standard InChI is InChI=1S/C10H10F2O3/c1-14-7-5-3-4-6(9(7)15-2)8(13)10(11)12/h3-5,10H,1-2H3. The number of methoxy groups -OCH3 is 2. The van der Waals surface area contributed by atoms with Gasteiger partial charge in [-0.25, -0.2) is 8.78 Å². The molecule has 0 bridgehead atoms. The van der Waals surface area contributed by atoms with E-state index in [2.05, 4.69) is 0 Å². The molecule has 3 nitrogen and oxygen atoms in total. The van der Waals surface area contributed by atoms with Gasteiger partial charge in [0.05, 0.1) is 19.8 Å².